The van der Waals surface area contributed by atoms with Crippen LogP contribution in [0.15, 0.2) is 18.2 Å². The molecular formula is C27H51ClO3Si3. The summed E-state index contributed by atoms with van der Waals surface area (Å²) in [6, 6.07) is 7.43. The van der Waals surface area contributed by atoms with Crippen LogP contribution in [0.1, 0.15) is 76.2 Å². The fourth-order valence-electron chi connectivity index (χ4n) is 5.43. The van der Waals surface area contributed by atoms with Crippen LogP contribution in [0.5, 0.6) is 5.75 Å². The van der Waals surface area contributed by atoms with Crippen molar-refractivity contribution in [3.05, 3.63) is 28.8 Å². The first-order valence-electron chi connectivity index (χ1n) is 13.6. The van der Waals surface area contributed by atoms with E-state index in [2.05, 4.69) is 64.9 Å². The zero-order valence-corrected chi connectivity index (χ0v) is 27.0. The van der Waals surface area contributed by atoms with E-state index in [9.17, 15) is 0 Å². The summed E-state index contributed by atoms with van der Waals surface area (Å²) in [7, 11) is -5.36. The lowest BCUT2D eigenvalue weighted by Gasteiger charge is -2.38. The van der Waals surface area contributed by atoms with Crippen LogP contribution < -0.4 is 4.74 Å². The van der Waals surface area contributed by atoms with Crippen molar-refractivity contribution in [3.63, 3.8) is 0 Å². The average molecular weight is 543 g/mol. The topological polar surface area (TPSA) is 27.7 Å². The molecule has 0 spiro atoms. The van der Waals surface area contributed by atoms with Crippen molar-refractivity contribution in [1.29, 1.82) is 0 Å². The molecule has 2 rings (SSSR count). The molecule has 0 N–H and O–H groups in total. The molecule has 1 aromatic carbocycles. The summed E-state index contributed by atoms with van der Waals surface area (Å²) < 4.78 is 19.3. The van der Waals surface area contributed by atoms with Gasteiger partial charge in [-0.15, -0.1) is 0 Å². The summed E-state index contributed by atoms with van der Waals surface area (Å²) in [4.78, 5) is 0. The first kappa shape index (κ1) is 30.1. The highest BCUT2D eigenvalue weighted by atomic mass is 35.5. The molecule has 0 amide bonds. The van der Waals surface area contributed by atoms with E-state index in [0.717, 1.165) is 48.6 Å². The van der Waals surface area contributed by atoms with E-state index in [1.807, 2.05) is 6.07 Å². The van der Waals surface area contributed by atoms with E-state index in [0.29, 0.717) is 5.92 Å². The third-order valence-electron chi connectivity index (χ3n) is 6.54. The minimum Gasteiger partial charge on any atom is -0.494 e. The maximum absolute atomic E-state index is 6.68. The molecule has 7 heteroatoms. The van der Waals surface area contributed by atoms with Gasteiger partial charge in [-0.1, -0.05) is 50.3 Å². The Balaban J connectivity index is 1.75. The van der Waals surface area contributed by atoms with Gasteiger partial charge in [-0.2, -0.15) is 0 Å². The predicted molar refractivity (Wildman–Crippen MR) is 156 cm³/mol. The van der Waals surface area contributed by atoms with Crippen molar-refractivity contribution in [1.82, 2.24) is 0 Å². The van der Waals surface area contributed by atoms with E-state index < -0.39 is 25.2 Å². The molecule has 0 aliphatic heterocycles. The van der Waals surface area contributed by atoms with Gasteiger partial charge in [0.05, 0.1) is 6.61 Å². The predicted octanol–water partition coefficient (Wildman–Crippen LogP) is 9.74. The lowest BCUT2D eigenvalue weighted by atomic mass is 9.77. The second-order valence-corrected chi connectivity index (χ2v) is 25.7. The zero-order chi connectivity index (χ0) is 25.4. The molecule has 196 valence electrons. The lowest BCUT2D eigenvalue weighted by Crippen LogP contribution is -2.52. The Bertz CT molecular complexity index is 722. The van der Waals surface area contributed by atoms with E-state index in [-0.39, 0.29) is 0 Å². The summed E-state index contributed by atoms with van der Waals surface area (Å²) in [6.07, 6.45) is 11.3. The molecule has 0 saturated heterocycles. The smallest absolute Gasteiger partial charge is 0.314 e. The average Bonchev–Trinajstić information content (AvgIpc) is 2.69. The molecule has 3 nitrogen and oxygen atoms in total. The number of rotatable bonds is 14. The summed E-state index contributed by atoms with van der Waals surface area (Å²) in [6.45, 7) is 18.9. The van der Waals surface area contributed by atoms with Crippen molar-refractivity contribution in [2.45, 2.75) is 123 Å². The molecule has 1 aromatic rings. The lowest BCUT2D eigenvalue weighted by molar-refractivity contribution is 0.302. The molecule has 0 radical (unpaired) electrons. The van der Waals surface area contributed by atoms with Crippen LogP contribution in [0, 0.1) is 5.92 Å². The zero-order valence-electron chi connectivity index (χ0n) is 23.3. The Labute approximate surface area is 218 Å². The summed E-state index contributed by atoms with van der Waals surface area (Å²) in [5, 5.41) is 0.880. The molecule has 1 aliphatic carbocycles. The van der Waals surface area contributed by atoms with Gasteiger partial charge in [0.15, 0.2) is 16.6 Å². The standard InChI is InChI=1S/C27H51ClO3Si3/c1-9-13-23-14-16-24(17-15-23)26-19-18-25(22-27(26)28)29-20-11-10-12-21-34(8,30-32(2,3)4)31-33(5,6)7/h18-19,22-24H,9-17,20-21H2,1-8H3. The molecule has 0 heterocycles. The van der Waals surface area contributed by atoms with Crippen molar-refractivity contribution < 1.29 is 13.0 Å². The van der Waals surface area contributed by atoms with E-state index in [1.54, 1.807) is 0 Å². The molecule has 0 unspecified atom stereocenters. The third-order valence-corrected chi connectivity index (χ3v) is 16.5. The molecule has 0 bridgehead atoms. The van der Waals surface area contributed by atoms with Gasteiger partial charge >= 0.3 is 8.56 Å². The Morgan fingerprint density at radius 3 is 2.00 bits per heavy atom. The highest BCUT2D eigenvalue weighted by Gasteiger charge is 2.39. The van der Waals surface area contributed by atoms with Gasteiger partial charge in [0.1, 0.15) is 5.75 Å². The second kappa shape index (κ2) is 13.4. The first-order chi connectivity index (χ1) is 15.8. The summed E-state index contributed by atoms with van der Waals surface area (Å²) in [5.74, 6) is 2.44. The number of unbranched alkanes of at least 4 members (excludes halogenated alkanes) is 2. The molecular weight excluding hydrogens is 492 g/mol. The molecule has 1 saturated carbocycles. The van der Waals surface area contributed by atoms with Crippen molar-refractivity contribution in [2.75, 3.05) is 6.61 Å². The number of hydrogen-bond donors (Lipinski definition) is 0. The van der Waals surface area contributed by atoms with Crippen LogP contribution in [-0.2, 0) is 8.23 Å². The number of hydrogen-bond acceptors (Lipinski definition) is 3. The Morgan fingerprint density at radius 2 is 1.47 bits per heavy atom. The van der Waals surface area contributed by atoms with Gasteiger partial charge in [0, 0.05) is 5.02 Å². The molecule has 1 aliphatic rings. The normalized spacial score (nSPS) is 19.9. The maximum atomic E-state index is 6.68. The molecule has 0 aromatic heterocycles. The minimum absolute atomic E-state index is 0.616. The highest BCUT2D eigenvalue weighted by molar-refractivity contribution is 6.87. The van der Waals surface area contributed by atoms with E-state index in [1.165, 1.54) is 44.1 Å². The van der Waals surface area contributed by atoms with Gasteiger partial charge < -0.3 is 13.0 Å². The van der Waals surface area contributed by atoms with Crippen LogP contribution in [0.4, 0.5) is 0 Å². The number of halogens is 1. The van der Waals surface area contributed by atoms with E-state index >= 15 is 0 Å². The molecule has 0 atom stereocenters. The number of benzene rings is 1. The number of ether oxygens (including phenoxy) is 1. The Morgan fingerprint density at radius 1 is 0.853 bits per heavy atom. The van der Waals surface area contributed by atoms with Crippen LogP contribution >= 0.6 is 11.6 Å². The Hall–Kier alpha value is -0.119. The summed E-state index contributed by atoms with van der Waals surface area (Å²) >= 11 is 6.68. The molecule has 1 fully saturated rings. The van der Waals surface area contributed by atoms with Crippen molar-refractivity contribution >= 4 is 36.8 Å². The SMILES string of the molecule is CCCC1CCC(c2ccc(OCCCCC[Si](C)(O[Si](C)(C)C)O[Si](C)(C)C)cc2Cl)CC1. The fraction of sp³-hybridized carbons (Fsp3) is 0.778. The summed E-state index contributed by atoms with van der Waals surface area (Å²) in [5.41, 5.74) is 1.32. The van der Waals surface area contributed by atoms with Gasteiger partial charge in [-0.25, -0.2) is 0 Å². The monoisotopic (exact) mass is 542 g/mol. The van der Waals surface area contributed by atoms with Gasteiger partial charge in [0.25, 0.3) is 0 Å². The fourth-order valence-corrected chi connectivity index (χ4v) is 18.4. The third kappa shape index (κ3) is 11.3. The van der Waals surface area contributed by atoms with E-state index in [4.69, 9.17) is 24.6 Å². The molecule has 34 heavy (non-hydrogen) atoms. The van der Waals surface area contributed by atoms with Crippen molar-refractivity contribution in [3.8, 4) is 5.75 Å². The first-order valence-corrected chi connectivity index (χ1v) is 23.3. The second-order valence-electron chi connectivity index (χ2n) is 12.4. The largest absolute Gasteiger partial charge is 0.494 e. The van der Waals surface area contributed by atoms with Gasteiger partial charge in [0.2, 0.25) is 0 Å². The van der Waals surface area contributed by atoms with Gasteiger partial charge in [-0.05, 0) is 114 Å². The minimum atomic E-state index is -2.12. The quantitative estimate of drug-likeness (QED) is 0.173. The van der Waals surface area contributed by atoms with Gasteiger partial charge in [-0.3, -0.25) is 0 Å². The van der Waals surface area contributed by atoms with Crippen LogP contribution in [0.25, 0.3) is 0 Å². The van der Waals surface area contributed by atoms with Crippen LogP contribution in [0.2, 0.25) is 56.9 Å². The van der Waals surface area contributed by atoms with Crippen LogP contribution in [0.3, 0.4) is 0 Å². The van der Waals surface area contributed by atoms with Crippen molar-refractivity contribution in [2.24, 2.45) is 5.92 Å². The Kier molecular flexibility index (Phi) is 11.9. The maximum Gasteiger partial charge on any atom is 0.314 e. The van der Waals surface area contributed by atoms with Crippen LogP contribution in [-0.4, -0.2) is 31.8 Å². The highest BCUT2D eigenvalue weighted by Crippen LogP contribution is 2.40.